The molecule has 1 saturated heterocycles. The Hall–Kier alpha value is -2.96. The van der Waals surface area contributed by atoms with E-state index in [2.05, 4.69) is 4.98 Å². The third-order valence-electron chi connectivity index (χ3n) is 3.89. The van der Waals surface area contributed by atoms with E-state index in [1.807, 2.05) is 0 Å². The highest BCUT2D eigenvalue weighted by Gasteiger charge is 2.28. The first kappa shape index (κ1) is 15.9. The summed E-state index contributed by atoms with van der Waals surface area (Å²) in [7, 11) is 0. The predicted molar refractivity (Wildman–Crippen MR) is 83.6 cm³/mol. The first-order valence-electron chi connectivity index (χ1n) is 7.50. The summed E-state index contributed by atoms with van der Waals surface area (Å²) in [6, 6.07) is 9.10. The number of piperazine rings is 1. The topological polar surface area (TPSA) is 73.7 Å². The molecule has 24 heavy (non-hydrogen) atoms. The van der Waals surface area contributed by atoms with Crippen LogP contribution in [0, 0.1) is 5.82 Å². The van der Waals surface area contributed by atoms with Crippen LogP contribution in [0.1, 0.15) is 16.1 Å². The lowest BCUT2D eigenvalue weighted by atomic mass is 10.1. The predicted octanol–water partition coefficient (Wildman–Crippen LogP) is 1.41. The van der Waals surface area contributed by atoms with Crippen molar-refractivity contribution in [1.82, 2.24) is 14.8 Å². The summed E-state index contributed by atoms with van der Waals surface area (Å²) in [6.45, 7) is 0.791. The van der Waals surface area contributed by atoms with Crippen molar-refractivity contribution >= 4 is 11.8 Å². The number of pyridine rings is 1. The molecule has 0 unspecified atom stereocenters. The number of hydrogen-bond acceptors (Lipinski definition) is 4. The quantitative estimate of drug-likeness (QED) is 0.924. The maximum absolute atomic E-state index is 13.7. The molecule has 2 aromatic rings. The second-order valence-corrected chi connectivity index (χ2v) is 5.54. The second-order valence-electron chi connectivity index (χ2n) is 5.54. The number of rotatable bonds is 3. The van der Waals surface area contributed by atoms with E-state index in [-0.39, 0.29) is 42.2 Å². The zero-order chi connectivity index (χ0) is 17.1. The van der Waals surface area contributed by atoms with Crippen LogP contribution in [-0.2, 0) is 11.3 Å². The Kier molecular flexibility index (Phi) is 4.41. The Morgan fingerprint density at radius 2 is 2.00 bits per heavy atom. The Labute approximate surface area is 138 Å². The number of carbonyl (C=O) groups excluding carboxylic acids is 2. The molecule has 0 saturated carbocycles. The van der Waals surface area contributed by atoms with Gasteiger partial charge < -0.3 is 14.9 Å². The molecule has 0 radical (unpaired) electrons. The first-order valence-corrected chi connectivity index (χ1v) is 7.50. The largest absolute Gasteiger partial charge is 0.506 e. The van der Waals surface area contributed by atoms with E-state index in [1.165, 1.54) is 34.2 Å². The van der Waals surface area contributed by atoms with Gasteiger partial charge in [0.25, 0.3) is 5.91 Å². The number of carbonyl (C=O) groups is 2. The van der Waals surface area contributed by atoms with Crippen LogP contribution in [0.4, 0.5) is 4.39 Å². The summed E-state index contributed by atoms with van der Waals surface area (Å²) in [5.74, 6) is -0.986. The van der Waals surface area contributed by atoms with E-state index in [0.717, 1.165) is 0 Å². The lowest BCUT2D eigenvalue weighted by Gasteiger charge is -2.34. The Balaban J connectivity index is 1.65. The molecule has 3 rings (SSSR count). The minimum absolute atomic E-state index is 0.0302. The molecule has 1 aliphatic heterocycles. The van der Waals surface area contributed by atoms with Gasteiger partial charge in [0, 0.05) is 25.2 Å². The molecule has 1 fully saturated rings. The van der Waals surface area contributed by atoms with E-state index in [9.17, 15) is 19.1 Å². The molecule has 2 amide bonds. The van der Waals surface area contributed by atoms with Crippen LogP contribution < -0.4 is 0 Å². The number of nitrogens with zero attached hydrogens (tertiary/aromatic N) is 3. The summed E-state index contributed by atoms with van der Waals surface area (Å²) in [5.41, 5.74) is 0.619. The monoisotopic (exact) mass is 329 g/mol. The van der Waals surface area contributed by atoms with Gasteiger partial charge in [0.1, 0.15) is 23.8 Å². The van der Waals surface area contributed by atoms with Gasteiger partial charge in [-0.2, -0.15) is 0 Å². The molecule has 124 valence electrons. The Morgan fingerprint density at radius 1 is 1.21 bits per heavy atom. The van der Waals surface area contributed by atoms with Gasteiger partial charge in [-0.1, -0.05) is 18.2 Å². The molecule has 0 aliphatic carbocycles. The SMILES string of the molecule is O=C1CN(C(=O)c2ccc(O)cn2)CCN1Cc1ccccc1F. The van der Waals surface area contributed by atoms with Gasteiger partial charge in [0.2, 0.25) is 5.91 Å². The third-order valence-corrected chi connectivity index (χ3v) is 3.89. The first-order chi connectivity index (χ1) is 11.5. The van der Waals surface area contributed by atoms with Crippen LogP contribution >= 0.6 is 0 Å². The van der Waals surface area contributed by atoms with Gasteiger partial charge in [-0.05, 0) is 18.2 Å². The van der Waals surface area contributed by atoms with Crippen LogP contribution in [0.5, 0.6) is 5.75 Å². The van der Waals surface area contributed by atoms with Gasteiger partial charge >= 0.3 is 0 Å². The van der Waals surface area contributed by atoms with Crippen molar-refractivity contribution in [1.29, 1.82) is 0 Å². The standard InChI is InChI=1S/C17H16FN3O3/c18-14-4-2-1-3-12(14)10-20-7-8-21(11-16(20)23)17(24)15-6-5-13(22)9-19-15/h1-6,9,22H,7-8,10-11H2. The van der Waals surface area contributed by atoms with Crippen molar-refractivity contribution in [3.63, 3.8) is 0 Å². The minimum atomic E-state index is -0.367. The normalized spacial score (nSPS) is 14.8. The highest BCUT2D eigenvalue weighted by molar-refractivity contribution is 5.95. The minimum Gasteiger partial charge on any atom is -0.506 e. The van der Waals surface area contributed by atoms with Crippen LogP contribution in [0.3, 0.4) is 0 Å². The van der Waals surface area contributed by atoms with Crippen molar-refractivity contribution in [3.05, 3.63) is 59.7 Å². The van der Waals surface area contributed by atoms with E-state index in [1.54, 1.807) is 18.2 Å². The maximum Gasteiger partial charge on any atom is 0.272 e. The van der Waals surface area contributed by atoms with E-state index < -0.39 is 0 Å². The zero-order valence-electron chi connectivity index (χ0n) is 12.9. The fraction of sp³-hybridized carbons (Fsp3) is 0.235. The average molecular weight is 329 g/mol. The fourth-order valence-corrected chi connectivity index (χ4v) is 2.56. The van der Waals surface area contributed by atoms with Crippen molar-refractivity contribution in [3.8, 4) is 5.75 Å². The number of benzene rings is 1. The van der Waals surface area contributed by atoms with Crippen molar-refractivity contribution in [2.45, 2.75) is 6.54 Å². The number of aromatic hydroxyl groups is 1. The molecule has 1 N–H and O–H groups in total. The molecule has 0 atom stereocenters. The van der Waals surface area contributed by atoms with Crippen LogP contribution in [-0.4, -0.2) is 51.3 Å². The van der Waals surface area contributed by atoms with Gasteiger partial charge in [-0.15, -0.1) is 0 Å². The lowest BCUT2D eigenvalue weighted by molar-refractivity contribution is -0.135. The van der Waals surface area contributed by atoms with Crippen LogP contribution in [0.25, 0.3) is 0 Å². The molecule has 2 heterocycles. The number of amides is 2. The summed E-state index contributed by atoms with van der Waals surface area (Å²) in [6.07, 6.45) is 1.18. The fourth-order valence-electron chi connectivity index (χ4n) is 2.56. The van der Waals surface area contributed by atoms with E-state index in [4.69, 9.17) is 0 Å². The van der Waals surface area contributed by atoms with Crippen molar-refractivity contribution in [2.24, 2.45) is 0 Å². The molecule has 0 spiro atoms. The van der Waals surface area contributed by atoms with Gasteiger partial charge in [-0.3, -0.25) is 9.59 Å². The summed E-state index contributed by atoms with van der Waals surface area (Å²) < 4.78 is 13.7. The molecule has 6 nitrogen and oxygen atoms in total. The Morgan fingerprint density at radius 3 is 2.67 bits per heavy atom. The number of aromatic nitrogens is 1. The molecule has 1 aromatic carbocycles. The molecular formula is C17H16FN3O3. The number of halogens is 1. The summed E-state index contributed by atoms with van der Waals surface area (Å²) >= 11 is 0. The second kappa shape index (κ2) is 6.66. The molecule has 0 bridgehead atoms. The number of hydrogen-bond donors (Lipinski definition) is 1. The van der Waals surface area contributed by atoms with Crippen LogP contribution in [0.2, 0.25) is 0 Å². The van der Waals surface area contributed by atoms with E-state index in [0.29, 0.717) is 18.7 Å². The highest BCUT2D eigenvalue weighted by atomic mass is 19.1. The van der Waals surface area contributed by atoms with Crippen LogP contribution in [0.15, 0.2) is 42.6 Å². The smallest absolute Gasteiger partial charge is 0.272 e. The molecule has 1 aromatic heterocycles. The summed E-state index contributed by atoms with van der Waals surface area (Å²) in [5, 5.41) is 9.21. The highest BCUT2D eigenvalue weighted by Crippen LogP contribution is 2.15. The zero-order valence-corrected chi connectivity index (χ0v) is 12.9. The third kappa shape index (κ3) is 3.34. The average Bonchev–Trinajstić information content (AvgIpc) is 2.58. The molecular weight excluding hydrogens is 313 g/mol. The van der Waals surface area contributed by atoms with E-state index >= 15 is 0 Å². The molecule has 1 aliphatic rings. The van der Waals surface area contributed by atoms with Gasteiger partial charge in [0.15, 0.2) is 0 Å². The van der Waals surface area contributed by atoms with Gasteiger partial charge in [-0.25, -0.2) is 9.37 Å². The Bertz CT molecular complexity index is 764. The van der Waals surface area contributed by atoms with Crippen molar-refractivity contribution in [2.75, 3.05) is 19.6 Å². The molecule has 7 heteroatoms. The lowest BCUT2D eigenvalue weighted by Crippen LogP contribution is -2.52. The maximum atomic E-state index is 13.7. The summed E-state index contributed by atoms with van der Waals surface area (Å²) in [4.78, 5) is 31.4. The van der Waals surface area contributed by atoms with Gasteiger partial charge in [0.05, 0.1) is 6.20 Å². The van der Waals surface area contributed by atoms with Crippen molar-refractivity contribution < 1.29 is 19.1 Å².